The second-order valence-corrected chi connectivity index (χ2v) is 14.0. The second-order valence-electron chi connectivity index (χ2n) is 10.2. The van der Waals surface area contributed by atoms with Crippen LogP contribution < -0.4 is 15.3 Å². The number of carbonyl (C=O) groups excluding carboxylic acids is 1. The molecule has 0 radical (unpaired) electrons. The number of carbonyl (C=O) groups is 1. The number of fused-ring (bicyclic) bond motifs is 1. The van der Waals surface area contributed by atoms with Gasteiger partial charge in [-0.2, -0.15) is 4.76 Å². The molecule has 3 rings (SSSR count). The topological polar surface area (TPSA) is 137 Å². The van der Waals surface area contributed by atoms with E-state index in [0.717, 1.165) is 12.7 Å². The van der Waals surface area contributed by atoms with Crippen molar-refractivity contribution >= 4 is 46.0 Å². The van der Waals surface area contributed by atoms with Crippen LogP contribution in [0.2, 0.25) is 0 Å². The van der Waals surface area contributed by atoms with E-state index in [1.54, 1.807) is 18.7 Å². The average Bonchev–Trinajstić information content (AvgIpc) is 2.91. The minimum atomic E-state index is -3.89. The molecule has 0 fully saturated rings. The molecular weight excluding hydrogens is 491 g/mol. The standard InChI is InChI=1S/C23H35N4O6PS/c1-8-23(6)19(28)18(21(29)27(23)13-12-22(3,4)5)20-24-16-11-10-15(26-35(7,31)32)14-17(16)34(30,25-20)33-9-2/h10-11,14,26,28H,8-9,12-13H2,1-7H3,(H,24,25,30). The lowest BCUT2D eigenvalue weighted by atomic mass is 9.90. The van der Waals surface area contributed by atoms with E-state index in [2.05, 4.69) is 35.6 Å². The van der Waals surface area contributed by atoms with Gasteiger partial charge in [0.25, 0.3) is 5.91 Å². The Labute approximate surface area is 207 Å². The summed E-state index contributed by atoms with van der Waals surface area (Å²) >= 11 is 0. The van der Waals surface area contributed by atoms with Crippen molar-refractivity contribution < 1.29 is 27.4 Å². The van der Waals surface area contributed by atoms with Gasteiger partial charge in [-0.3, -0.25) is 14.1 Å². The van der Waals surface area contributed by atoms with E-state index >= 15 is 0 Å². The number of benzene rings is 1. The Bertz CT molecular complexity index is 1250. The molecule has 2 unspecified atom stereocenters. The Hall–Kier alpha value is -2.36. The summed E-state index contributed by atoms with van der Waals surface area (Å²) in [5.74, 6) is -0.560. The number of rotatable bonds is 8. The summed E-state index contributed by atoms with van der Waals surface area (Å²) in [7, 11) is -7.45. The Kier molecular flexibility index (Phi) is 7.20. The molecule has 2 aliphatic rings. The van der Waals surface area contributed by atoms with Gasteiger partial charge >= 0.3 is 7.52 Å². The summed E-state index contributed by atoms with van der Waals surface area (Å²) in [6, 6.07) is 4.44. The molecule has 35 heavy (non-hydrogen) atoms. The molecule has 0 bridgehead atoms. The minimum Gasteiger partial charge on any atom is -0.509 e. The summed E-state index contributed by atoms with van der Waals surface area (Å²) in [6.07, 6.45) is 2.22. The van der Waals surface area contributed by atoms with Crippen molar-refractivity contribution in [2.75, 3.05) is 29.4 Å². The third-order valence-electron chi connectivity index (χ3n) is 6.21. The van der Waals surface area contributed by atoms with Gasteiger partial charge < -0.3 is 19.8 Å². The van der Waals surface area contributed by atoms with Crippen LogP contribution in [-0.2, 0) is 23.9 Å². The highest BCUT2D eigenvalue weighted by atomic mass is 32.2. The summed E-state index contributed by atoms with van der Waals surface area (Å²) < 4.78 is 49.4. The van der Waals surface area contributed by atoms with E-state index in [-0.39, 0.29) is 40.2 Å². The quantitative estimate of drug-likeness (QED) is 0.436. The van der Waals surface area contributed by atoms with Gasteiger partial charge in [-0.15, -0.1) is 0 Å². The van der Waals surface area contributed by atoms with E-state index < -0.39 is 29.0 Å². The van der Waals surface area contributed by atoms with Crippen molar-refractivity contribution in [1.82, 2.24) is 4.90 Å². The van der Waals surface area contributed by atoms with Crippen LogP contribution in [0, 0.1) is 5.41 Å². The van der Waals surface area contributed by atoms with E-state index in [1.807, 2.05) is 6.92 Å². The lowest BCUT2D eigenvalue weighted by Crippen LogP contribution is -2.47. The molecule has 0 saturated heterocycles. The smallest absolute Gasteiger partial charge is 0.348 e. The fraction of sp³-hybridized carbons (Fsp3) is 0.565. The first-order valence-corrected chi connectivity index (χ1v) is 15.0. The van der Waals surface area contributed by atoms with Gasteiger partial charge in [0, 0.05) is 12.2 Å². The van der Waals surface area contributed by atoms with Gasteiger partial charge in [0.15, 0.2) is 5.84 Å². The molecule has 0 aliphatic carbocycles. The van der Waals surface area contributed by atoms with Crippen molar-refractivity contribution in [3.05, 3.63) is 29.5 Å². The molecular formula is C23H35N4O6PS. The molecule has 2 aliphatic heterocycles. The summed E-state index contributed by atoms with van der Waals surface area (Å²) in [6.45, 7) is 12.1. The first-order valence-electron chi connectivity index (χ1n) is 11.5. The third kappa shape index (κ3) is 5.42. The molecule has 1 aromatic rings. The highest BCUT2D eigenvalue weighted by Crippen LogP contribution is 2.53. The van der Waals surface area contributed by atoms with Crippen LogP contribution in [0.4, 0.5) is 11.4 Å². The van der Waals surface area contributed by atoms with Gasteiger partial charge in [-0.1, -0.05) is 27.7 Å². The Balaban J connectivity index is 2.09. The normalized spacial score (nSPS) is 24.8. The van der Waals surface area contributed by atoms with Gasteiger partial charge in [0.1, 0.15) is 11.3 Å². The largest absolute Gasteiger partial charge is 0.509 e. The predicted octanol–water partition coefficient (Wildman–Crippen LogP) is 4.00. The fourth-order valence-electron chi connectivity index (χ4n) is 4.10. The third-order valence-corrected chi connectivity index (χ3v) is 8.86. The van der Waals surface area contributed by atoms with Gasteiger partial charge in [0.2, 0.25) is 10.0 Å². The van der Waals surface area contributed by atoms with E-state index in [0.29, 0.717) is 18.7 Å². The molecule has 0 aromatic heterocycles. The van der Waals surface area contributed by atoms with E-state index in [1.165, 1.54) is 18.2 Å². The number of sulfonamides is 1. The number of amidine groups is 1. The predicted molar refractivity (Wildman–Crippen MR) is 139 cm³/mol. The maximum atomic E-state index is 13.9. The highest BCUT2D eigenvalue weighted by Gasteiger charge is 2.50. The molecule has 1 aromatic carbocycles. The Morgan fingerprint density at radius 1 is 1.29 bits per heavy atom. The zero-order valence-corrected chi connectivity index (χ0v) is 23.0. The number of hydrogen-bond acceptors (Lipinski definition) is 7. The summed E-state index contributed by atoms with van der Waals surface area (Å²) in [5, 5.41) is 14.4. The number of aliphatic hydroxyl groups excluding tert-OH is 1. The van der Waals surface area contributed by atoms with Crippen LogP contribution in [0.1, 0.15) is 54.4 Å². The fourth-order valence-corrected chi connectivity index (χ4v) is 6.46. The SMILES string of the molecule is CCOP1(=O)N=C(C2=C(O)C(C)(CC)N(CCC(C)(C)C)C2=O)Nc2ccc(NS(C)(=O)=O)cc21. The number of amides is 1. The summed E-state index contributed by atoms with van der Waals surface area (Å²) in [5.41, 5.74) is -0.425. The Morgan fingerprint density at radius 2 is 1.94 bits per heavy atom. The van der Waals surface area contributed by atoms with Gasteiger partial charge in [-0.25, -0.2) is 8.42 Å². The molecule has 2 atom stereocenters. The maximum Gasteiger partial charge on any atom is 0.348 e. The van der Waals surface area contributed by atoms with E-state index in [9.17, 15) is 22.9 Å². The first kappa shape index (κ1) is 27.2. The monoisotopic (exact) mass is 526 g/mol. The number of anilines is 2. The molecule has 0 spiro atoms. The zero-order chi connectivity index (χ0) is 26.4. The minimum absolute atomic E-state index is 0.0186. The summed E-state index contributed by atoms with van der Waals surface area (Å²) in [4.78, 5) is 15.2. The number of aliphatic hydroxyl groups is 1. The van der Waals surface area contributed by atoms with E-state index in [4.69, 9.17) is 4.52 Å². The number of nitrogens with one attached hydrogen (secondary N) is 2. The second kappa shape index (κ2) is 9.26. The Morgan fingerprint density at radius 3 is 2.49 bits per heavy atom. The highest BCUT2D eigenvalue weighted by molar-refractivity contribution is 7.92. The van der Waals surface area contributed by atoms with Crippen LogP contribution in [0.5, 0.6) is 0 Å². The van der Waals surface area contributed by atoms with Gasteiger partial charge in [-0.05, 0) is 50.3 Å². The van der Waals surface area contributed by atoms with Crippen molar-refractivity contribution in [3.8, 4) is 0 Å². The molecule has 12 heteroatoms. The maximum absolute atomic E-state index is 13.9. The van der Waals surface area contributed by atoms with Crippen LogP contribution >= 0.6 is 7.52 Å². The average molecular weight is 527 g/mol. The number of hydrogen-bond donors (Lipinski definition) is 3. The lowest BCUT2D eigenvalue weighted by molar-refractivity contribution is -0.129. The first-order chi connectivity index (χ1) is 16.0. The molecule has 10 nitrogen and oxygen atoms in total. The van der Waals surface area contributed by atoms with Gasteiger partial charge in [0.05, 0.1) is 29.4 Å². The van der Waals surface area contributed by atoms with Crippen molar-refractivity contribution in [1.29, 1.82) is 0 Å². The van der Waals surface area contributed by atoms with Crippen LogP contribution in [-0.4, -0.2) is 55.1 Å². The number of nitrogens with zero attached hydrogens (tertiary/aromatic N) is 2. The molecule has 194 valence electrons. The zero-order valence-electron chi connectivity index (χ0n) is 21.3. The van der Waals surface area contributed by atoms with Crippen molar-refractivity contribution in [3.63, 3.8) is 0 Å². The molecule has 0 saturated carbocycles. The lowest BCUT2D eigenvalue weighted by Gasteiger charge is -2.36. The van der Waals surface area contributed by atoms with Crippen LogP contribution in [0.25, 0.3) is 0 Å². The van der Waals surface area contributed by atoms with Crippen LogP contribution in [0.15, 0.2) is 34.3 Å². The van der Waals surface area contributed by atoms with Crippen molar-refractivity contribution in [2.24, 2.45) is 10.2 Å². The molecule has 2 heterocycles. The molecule has 1 amide bonds. The van der Waals surface area contributed by atoms with Crippen molar-refractivity contribution in [2.45, 2.75) is 59.9 Å². The molecule has 3 N–H and O–H groups in total. The van der Waals surface area contributed by atoms with Crippen LogP contribution in [0.3, 0.4) is 0 Å².